The molecule has 1 heterocycles. The molecule has 0 fully saturated rings. The molecule has 2 N–H and O–H groups in total. The summed E-state index contributed by atoms with van der Waals surface area (Å²) in [5.74, 6) is 0.817. The second-order valence-electron chi connectivity index (χ2n) is 6.39. The van der Waals surface area contributed by atoms with E-state index in [0.717, 1.165) is 23.3 Å². The Labute approximate surface area is 120 Å². The molecule has 1 amide bonds. The van der Waals surface area contributed by atoms with E-state index in [9.17, 15) is 9.90 Å². The van der Waals surface area contributed by atoms with Crippen LogP contribution in [0.25, 0.3) is 0 Å². The number of amides is 1. The quantitative estimate of drug-likeness (QED) is 0.874. The lowest BCUT2D eigenvalue weighted by molar-refractivity contribution is -0.129. The fourth-order valence-electron chi connectivity index (χ4n) is 2.20. The summed E-state index contributed by atoms with van der Waals surface area (Å²) in [6, 6.07) is 5.60. The molecule has 0 bridgehead atoms. The van der Waals surface area contributed by atoms with Gasteiger partial charge in [0.2, 0.25) is 5.91 Å². The molecule has 0 aliphatic carbocycles. The molecule has 20 heavy (non-hydrogen) atoms. The van der Waals surface area contributed by atoms with Gasteiger partial charge in [0.05, 0.1) is 18.8 Å². The van der Waals surface area contributed by atoms with Crippen molar-refractivity contribution in [1.82, 2.24) is 5.32 Å². The first kappa shape index (κ1) is 14.9. The Bertz CT molecular complexity index is 503. The summed E-state index contributed by atoms with van der Waals surface area (Å²) in [5, 5.41) is 12.8. The second kappa shape index (κ2) is 5.44. The molecule has 0 spiro atoms. The number of aliphatic hydroxyl groups excluding tert-OH is 1. The molecule has 0 saturated heterocycles. The lowest BCUT2D eigenvalue weighted by atomic mass is 9.92. The van der Waals surface area contributed by atoms with Gasteiger partial charge >= 0.3 is 0 Å². The van der Waals surface area contributed by atoms with Crippen molar-refractivity contribution >= 4 is 5.91 Å². The average molecular weight is 277 g/mol. The Morgan fingerprint density at radius 3 is 2.75 bits per heavy atom. The summed E-state index contributed by atoms with van der Waals surface area (Å²) in [7, 11) is 0. The van der Waals surface area contributed by atoms with E-state index < -0.39 is 11.5 Å². The topological polar surface area (TPSA) is 58.6 Å². The van der Waals surface area contributed by atoms with Crippen LogP contribution in [0.4, 0.5) is 0 Å². The first-order chi connectivity index (χ1) is 9.29. The van der Waals surface area contributed by atoms with Crippen molar-refractivity contribution < 1.29 is 14.6 Å². The molecule has 2 atom stereocenters. The van der Waals surface area contributed by atoms with E-state index in [1.54, 1.807) is 6.92 Å². The van der Waals surface area contributed by atoms with Gasteiger partial charge in [-0.25, -0.2) is 0 Å². The molecule has 4 nitrogen and oxygen atoms in total. The Kier molecular flexibility index (Phi) is 4.04. The first-order valence-corrected chi connectivity index (χ1v) is 7.04. The normalized spacial score (nSPS) is 19.8. The number of carbonyl (C=O) groups is 1. The van der Waals surface area contributed by atoms with E-state index in [1.807, 2.05) is 39.0 Å². The predicted molar refractivity (Wildman–Crippen MR) is 77.5 cm³/mol. The summed E-state index contributed by atoms with van der Waals surface area (Å²) in [6.45, 7) is 8.02. The minimum Gasteiger partial charge on any atom is -0.493 e. The van der Waals surface area contributed by atoms with E-state index in [1.165, 1.54) is 0 Å². The van der Waals surface area contributed by atoms with E-state index in [4.69, 9.17) is 4.74 Å². The number of rotatable bonds is 2. The third kappa shape index (κ3) is 3.12. The number of hydrogen-bond donors (Lipinski definition) is 2. The summed E-state index contributed by atoms with van der Waals surface area (Å²) in [4.78, 5) is 12.2. The van der Waals surface area contributed by atoms with Crippen LogP contribution in [0, 0.1) is 5.41 Å². The number of nitrogens with one attached hydrogen (secondary N) is 1. The maximum atomic E-state index is 12.2. The Hall–Kier alpha value is -1.55. The number of hydrogen-bond acceptors (Lipinski definition) is 3. The molecule has 2 unspecified atom stereocenters. The zero-order chi connectivity index (χ0) is 14.9. The minimum absolute atomic E-state index is 0.0257. The molecule has 1 aromatic carbocycles. The van der Waals surface area contributed by atoms with Gasteiger partial charge in [-0.3, -0.25) is 4.79 Å². The zero-order valence-corrected chi connectivity index (χ0v) is 12.6. The summed E-state index contributed by atoms with van der Waals surface area (Å²) in [5.41, 5.74) is 1.37. The summed E-state index contributed by atoms with van der Waals surface area (Å²) in [6.07, 6.45) is 0.221. The monoisotopic (exact) mass is 277 g/mol. The van der Waals surface area contributed by atoms with Gasteiger partial charge in [-0.2, -0.15) is 0 Å². The highest BCUT2D eigenvalue weighted by molar-refractivity contribution is 5.81. The highest BCUT2D eigenvalue weighted by atomic mass is 16.5. The molecule has 0 radical (unpaired) electrons. The average Bonchev–Trinajstić information content (AvgIpc) is 2.37. The van der Waals surface area contributed by atoms with Crippen LogP contribution in [0.2, 0.25) is 0 Å². The van der Waals surface area contributed by atoms with Crippen LogP contribution >= 0.6 is 0 Å². The van der Waals surface area contributed by atoms with Crippen LogP contribution in [0.5, 0.6) is 5.75 Å². The summed E-state index contributed by atoms with van der Waals surface area (Å²) < 4.78 is 5.62. The lowest BCUT2D eigenvalue weighted by Crippen LogP contribution is -2.39. The smallest absolute Gasteiger partial charge is 0.225 e. The van der Waals surface area contributed by atoms with E-state index >= 15 is 0 Å². The molecule has 4 heteroatoms. The van der Waals surface area contributed by atoms with Crippen molar-refractivity contribution in [3.8, 4) is 5.75 Å². The van der Waals surface area contributed by atoms with Crippen molar-refractivity contribution in [2.45, 2.75) is 46.3 Å². The van der Waals surface area contributed by atoms with Gasteiger partial charge in [0.25, 0.3) is 0 Å². The molecule has 1 aromatic rings. The largest absolute Gasteiger partial charge is 0.493 e. The van der Waals surface area contributed by atoms with Crippen molar-refractivity contribution in [2.75, 3.05) is 6.61 Å². The van der Waals surface area contributed by atoms with Crippen LogP contribution < -0.4 is 10.1 Å². The Morgan fingerprint density at radius 1 is 1.45 bits per heavy atom. The van der Waals surface area contributed by atoms with Crippen LogP contribution in [-0.2, 0) is 4.79 Å². The van der Waals surface area contributed by atoms with Gasteiger partial charge in [0.15, 0.2) is 0 Å². The third-order valence-corrected chi connectivity index (χ3v) is 3.54. The second-order valence-corrected chi connectivity index (χ2v) is 6.39. The van der Waals surface area contributed by atoms with Crippen molar-refractivity contribution in [3.63, 3.8) is 0 Å². The van der Waals surface area contributed by atoms with Gasteiger partial charge in [0.1, 0.15) is 5.75 Å². The van der Waals surface area contributed by atoms with Gasteiger partial charge in [-0.1, -0.05) is 26.8 Å². The van der Waals surface area contributed by atoms with Crippen LogP contribution in [0.3, 0.4) is 0 Å². The zero-order valence-electron chi connectivity index (χ0n) is 12.6. The lowest BCUT2D eigenvalue weighted by Gasteiger charge is -2.30. The molecule has 0 aromatic heterocycles. The highest BCUT2D eigenvalue weighted by Crippen LogP contribution is 2.34. The fourth-order valence-corrected chi connectivity index (χ4v) is 2.20. The third-order valence-electron chi connectivity index (χ3n) is 3.54. The van der Waals surface area contributed by atoms with Crippen LogP contribution in [0.1, 0.15) is 57.4 Å². The van der Waals surface area contributed by atoms with E-state index in [2.05, 4.69) is 5.32 Å². The maximum absolute atomic E-state index is 12.2. The number of fused-ring (bicyclic) bond motifs is 1. The molecule has 2 rings (SSSR count). The molecule has 0 saturated carbocycles. The van der Waals surface area contributed by atoms with E-state index in [-0.39, 0.29) is 11.9 Å². The first-order valence-electron chi connectivity index (χ1n) is 7.04. The molecular weight excluding hydrogens is 254 g/mol. The van der Waals surface area contributed by atoms with Crippen LogP contribution in [0.15, 0.2) is 18.2 Å². The number of benzene rings is 1. The Balaban J connectivity index is 2.27. The molecule has 1 aliphatic rings. The minimum atomic E-state index is -0.527. The standard InChI is InChI=1S/C16H23NO3/c1-10(18)11-5-6-14-12(9-11)13(7-8-20-14)17-15(19)16(2,3)4/h5-6,9-10,13,18H,7-8H2,1-4H3,(H,17,19). The molecule has 110 valence electrons. The number of aliphatic hydroxyl groups is 1. The number of ether oxygens (including phenoxy) is 1. The van der Waals surface area contributed by atoms with E-state index in [0.29, 0.717) is 6.61 Å². The SMILES string of the molecule is CC(O)c1ccc2c(c1)C(NC(=O)C(C)(C)C)CCO2. The van der Waals surface area contributed by atoms with Crippen molar-refractivity contribution in [1.29, 1.82) is 0 Å². The van der Waals surface area contributed by atoms with Crippen LogP contribution in [-0.4, -0.2) is 17.6 Å². The van der Waals surface area contributed by atoms with Crippen molar-refractivity contribution in [2.24, 2.45) is 5.41 Å². The van der Waals surface area contributed by atoms with Gasteiger partial charge in [0, 0.05) is 17.4 Å². The Morgan fingerprint density at radius 2 is 2.15 bits per heavy atom. The summed E-state index contributed by atoms with van der Waals surface area (Å²) >= 11 is 0. The number of carbonyl (C=O) groups excluding carboxylic acids is 1. The van der Waals surface area contributed by atoms with Gasteiger partial charge in [-0.05, 0) is 24.6 Å². The van der Waals surface area contributed by atoms with Crippen molar-refractivity contribution in [3.05, 3.63) is 29.3 Å². The predicted octanol–water partition coefficient (Wildman–Crippen LogP) is 2.73. The highest BCUT2D eigenvalue weighted by Gasteiger charge is 2.28. The molecular formula is C16H23NO3. The fraction of sp³-hybridized carbons (Fsp3) is 0.562. The molecule has 1 aliphatic heterocycles. The van der Waals surface area contributed by atoms with Gasteiger partial charge < -0.3 is 15.2 Å². The maximum Gasteiger partial charge on any atom is 0.225 e. The van der Waals surface area contributed by atoms with Gasteiger partial charge in [-0.15, -0.1) is 0 Å².